The molecule has 1 unspecified atom stereocenters. The van der Waals surface area contributed by atoms with Gasteiger partial charge in [0.2, 0.25) is 0 Å². The molecule has 1 amide bonds. The molecule has 1 aliphatic heterocycles. The Morgan fingerprint density at radius 2 is 1.95 bits per heavy atom. The Labute approximate surface area is 249 Å². The van der Waals surface area contributed by atoms with E-state index >= 15 is 0 Å². The number of hydrogen-bond donors (Lipinski definition) is 1. The predicted octanol–water partition coefficient (Wildman–Crippen LogP) is 7.05. The van der Waals surface area contributed by atoms with Crippen LogP contribution in [0.15, 0.2) is 40.9 Å². The third-order valence-corrected chi connectivity index (χ3v) is 7.94. The second kappa shape index (κ2) is 12.6. The highest BCUT2D eigenvalue weighted by Gasteiger charge is 2.39. The van der Waals surface area contributed by atoms with Gasteiger partial charge in [0.25, 0.3) is 0 Å². The first-order valence-corrected chi connectivity index (χ1v) is 15.2. The SMILES string of the molecule is COCCCN(C(=O)OC(C)(C)C)C1CC(Oc2cc(Br)cc3c2c(-c2ccc(O)cc2)nn3C2CCCCO2)C1. The largest absolute Gasteiger partial charge is 0.508 e. The maximum absolute atomic E-state index is 13.0. The first-order chi connectivity index (χ1) is 19.6. The van der Waals surface area contributed by atoms with Crippen LogP contribution in [0.4, 0.5) is 4.79 Å². The van der Waals surface area contributed by atoms with Crippen LogP contribution in [0.25, 0.3) is 22.2 Å². The summed E-state index contributed by atoms with van der Waals surface area (Å²) in [5.41, 5.74) is 2.03. The molecular formula is C31H40BrN3O6. The molecule has 41 heavy (non-hydrogen) atoms. The van der Waals surface area contributed by atoms with Gasteiger partial charge >= 0.3 is 6.09 Å². The predicted molar refractivity (Wildman–Crippen MR) is 160 cm³/mol. The Morgan fingerprint density at radius 3 is 2.61 bits per heavy atom. The molecule has 222 valence electrons. The number of nitrogens with zero attached hydrogens (tertiary/aromatic N) is 3. The third kappa shape index (κ3) is 6.98. The van der Waals surface area contributed by atoms with Gasteiger partial charge in [-0.2, -0.15) is 5.10 Å². The van der Waals surface area contributed by atoms with E-state index in [-0.39, 0.29) is 30.2 Å². The number of aromatic hydroxyl groups is 1. The van der Waals surface area contributed by atoms with Gasteiger partial charge in [0.05, 0.1) is 10.9 Å². The summed E-state index contributed by atoms with van der Waals surface area (Å²) in [4.78, 5) is 14.8. The average Bonchev–Trinajstić information content (AvgIpc) is 3.28. The van der Waals surface area contributed by atoms with Crippen molar-refractivity contribution in [2.24, 2.45) is 0 Å². The monoisotopic (exact) mass is 629 g/mol. The molecule has 3 aromatic rings. The Bertz CT molecular complexity index is 1340. The van der Waals surface area contributed by atoms with Crippen molar-refractivity contribution in [1.82, 2.24) is 14.7 Å². The maximum Gasteiger partial charge on any atom is 0.410 e. The summed E-state index contributed by atoms with van der Waals surface area (Å²) in [7, 11) is 1.67. The van der Waals surface area contributed by atoms with Crippen LogP contribution in [-0.4, -0.2) is 70.5 Å². The van der Waals surface area contributed by atoms with Gasteiger partial charge in [-0.1, -0.05) is 15.9 Å². The molecule has 0 spiro atoms. The number of carbonyl (C=O) groups excluding carboxylic acids is 1. The van der Waals surface area contributed by atoms with Crippen LogP contribution in [0.5, 0.6) is 11.5 Å². The number of methoxy groups -OCH3 is 1. The minimum absolute atomic E-state index is 0.0317. The number of halogens is 1. The average molecular weight is 631 g/mol. The van der Waals surface area contributed by atoms with Crippen molar-refractivity contribution in [3.63, 3.8) is 0 Å². The molecule has 1 atom stereocenters. The fourth-order valence-corrected chi connectivity index (χ4v) is 5.86. The normalized spacial score (nSPS) is 21.0. The number of rotatable bonds is 9. The van der Waals surface area contributed by atoms with E-state index in [0.717, 1.165) is 58.1 Å². The smallest absolute Gasteiger partial charge is 0.410 e. The Hall–Kier alpha value is -2.82. The second-order valence-electron chi connectivity index (χ2n) is 11.8. The molecule has 1 saturated heterocycles. The van der Waals surface area contributed by atoms with Gasteiger partial charge in [-0.05, 0) is 82.9 Å². The highest BCUT2D eigenvalue weighted by atomic mass is 79.9. The topological polar surface area (TPSA) is 95.3 Å². The highest BCUT2D eigenvalue weighted by Crippen LogP contribution is 2.42. The fraction of sp³-hybridized carbons (Fsp3) is 0.548. The molecular weight excluding hydrogens is 590 g/mol. The number of amides is 1. The molecule has 1 saturated carbocycles. The Kier molecular flexibility index (Phi) is 9.11. The number of aromatic nitrogens is 2. The van der Waals surface area contributed by atoms with Crippen LogP contribution in [0.1, 0.15) is 65.5 Å². The van der Waals surface area contributed by atoms with E-state index in [9.17, 15) is 9.90 Å². The molecule has 5 rings (SSSR count). The van der Waals surface area contributed by atoms with Gasteiger partial charge in [0.15, 0.2) is 6.23 Å². The summed E-state index contributed by atoms with van der Waals surface area (Å²) in [5, 5.41) is 15.8. The molecule has 2 aromatic carbocycles. The van der Waals surface area contributed by atoms with Crippen molar-refractivity contribution in [1.29, 1.82) is 0 Å². The van der Waals surface area contributed by atoms with Gasteiger partial charge in [0.1, 0.15) is 28.9 Å². The van der Waals surface area contributed by atoms with E-state index in [1.165, 1.54) is 0 Å². The molecule has 1 aliphatic carbocycles. The lowest BCUT2D eigenvalue weighted by Crippen LogP contribution is -2.53. The number of ether oxygens (including phenoxy) is 4. The number of phenolic OH excluding ortho intramolecular Hbond substituents is 1. The first-order valence-electron chi connectivity index (χ1n) is 14.4. The van der Waals surface area contributed by atoms with Crippen LogP contribution in [0.2, 0.25) is 0 Å². The molecule has 0 radical (unpaired) electrons. The molecule has 1 N–H and O–H groups in total. The van der Waals surface area contributed by atoms with Crippen molar-refractivity contribution >= 4 is 32.9 Å². The maximum atomic E-state index is 13.0. The fourth-order valence-electron chi connectivity index (χ4n) is 5.44. The zero-order valence-corrected chi connectivity index (χ0v) is 25.9. The standard InChI is InChI=1S/C31H40BrN3O6/c1-31(2,3)41-30(37)34(13-7-14-38-4)22-18-24(19-22)40-26-17-21(32)16-25-28(26)29(20-9-11-23(36)12-10-20)33-35(25)27-8-5-6-15-39-27/h9-12,16-17,22,24,27,36H,5-8,13-15,18-19H2,1-4H3. The Morgan fingerprint density at radius 1 is 1.20 bits per heavy atom. The lowest BCUT2D eigenvalue weighted by molar-refractivity contribution is -0.0365. The van der Waals surface area contributed by atoms with E-state index in [1.54, 1.807) is 19.2 Å². The second-order valence-corrected chi connectivity index (χ2v) is 12.8. The summed E-state index contributed by atoms with van der Waals surface area (Å²) in [5.74, 6) is 0.930. The molecule has 2 heterocycles. The summed E-state index contributed by atoms with van der Waals surface area (Å²) < 4.78 is 26.5. The molecule has 10 heteroatoms. The van der Waals surface area contributed by atoms with Crippen molar-refractivity contribution in [3.05, 3.63) is 40.9 Å². The first kappa shape index (κ1) is 29.7. The van der Waals surface area contributed by atoms with Gasteiger partial charge < -0.3 is 29.0 Å². The van der Waals surface area contributed by atoms with Crippen LogP contribution >= 0.6 is 15.9 Å². The molecule has 9 nitrogen and oxygen atoms in total. The number of carbonyl (C=O) groups is 1. The van der Waals surface area contributed by atoms with E-state index < -0.39 is 5.60 Å². The van der Waals surface area contributed by atoms with E-state index in [0.29, 0.717) is 32.6 Å². The third-order valence-electron chi connectivity index (χ3n) is 7.49. The lowest BCUT2D eigenvalue weighted by Gasteiger charge is -2.43. The molecule has 0 bridgehead atoms. The van der Waals surface area contributed by atoms with Crippen LogP contribution in [0, 0.1) is 0 Å². The van der Waals surface area contributed by atoms with Crippen LogP contribution in [0.3, 0.4) is 0 Å². The number of benzene rings is 2. The van der Waals surface area contributed by atoms with E-state index in [2.05, 4.69) is 22.0 Å². The lowest BCUT2D eigenvalue weighted by atomic mass is 9.87. The van der Waals surface area contributed by atoms with Crippen LogP contribution < -0.4 is 4.74 Å². The zero-order valence-electron chi connectivity index (χ0n) is 24.3. The van der Waals surface area contributed by atoms with Crippen molar-refractivity contribution in [2.75, 3.05) is 26.9 Å². The van der Waals surface area contributed by atoms with Crippen molar-refractivity contribution in [2.45, 2.75) is 83.3 Å². The number of hydrogen-bond acceptors (Lipinski definition) is 7. The van der Waals surface area contributed by atoms with Gasteiger partial charge in [-0.3, -0.25) is 0 Å². The van der Waals surface area contributed by atoms with E-state index in [1.807, 2.05) is 48.6 Å². The van der Waals surface area contributed by atoms with Gasteiger partial charge in [0, 0.05) is 55.8 Å². The van der Waals surface area contributed by atoms with Gasteiger partial charge in [-0.15, -0.1) is 0 Å². The summed E-state index contributed by atoms with van der Waals surface area (Å²) in [6.45, 7) is 7.51. The summed E-state index contributed by atoms with van der Waals surface area (Å²) in [6, 6.07) is 11.1. The van der Waals surface area contributed by atoms with Crippen LogP contribution in [-0.2, 0) is 14.2 Å². The number of fused-ring (bicyclic) bond motifs is 1. The van der Waals surface area contributed by atoms with Crippen molar-refractivity contribution in [3.8, 4) is 22.8 Å². The molecule has 2 fully saturated rings. The quantitative estimate of drug-likeness (QED) is 0.253. The van der Waals surface area contributed by atoms with E-state index in [4.69, 9.17) is 24.0 Å². The zero-order chi connectivity index (χ0) is 29.1. The highest BCUT2D eigenvalue weighted by molar-refractivity contribution is 9.10. The number of phenols is 1. The summed E-state index contributed by atoms with van der Waals surface area (Å²) in [6.07, 6.45) is 4.65. The minimum atomic E-state index is -0.564. The molecule has 1 aromatic heterocycles. The minimum Gasteiger partial charge on any atom is -0.508 e. The Balaban J connectivity index is 1.42. The molecule has 2 aliphatic rings. The summed E-state index contributed by atoms with van der Waals surface area (Å²) >= 11 is 3.69. The van der Waals surface area contributed by atoms with Gasteiger partial charge in [-0.25, -0.2) is 9.48 Å². The van der Waals surface area contributed by atoms with Crippen molar-refractivity contribution < 1.29 is 28.8 Å².